The number of benzene rings is 2. The van der Waals surface area contributed by atoms with Gasteiger partial charge in [0, 0.05) is 11.0 Å². The fraction of sp³-hybridized carbons (Fsp3) is 0.0714. The Morgan fingerprint density at radius 1 is 1.11 bits per heavy atom. The summed E-state index contributed by atoms with van der Waals surface area (Å²) >= 11 is 3.27. The Hall–Kier alpha value is -1.75. The van der Waals surface area contributed by atoms with Crippen molar-refractivity contribution in [3.63, 3.8) is 0 Å². The Labute approximate surface area is 117 Å². The van der Waals surface area contributed by atoms with Gasteiger partial charge in [-0.1, -0.05) is 18.2 Å². The second-order valence-electron chi connectivity index (χ2n) is 3.91. The van der Waals surface area contributed by atoms with Gasteiger partial charge in [0.1, 0.15) is 0 Å². The molecule has 2 rings (SSSR count). The second kappa shape index (κ2) is 5.93. The van der Waals surface area contributed by atoms with Crippen molar-refractivity contribution < 1.29 is 13.6 Å². The van der Waals surface area contributed by atoms with Crippen molar-refractivity contribution in [3.05, 3.63) is 69.7 Å². The van der Waals surface area contributed by atoms with Crippen LogP contribution in [0.4, 0.5) is 8.78 Å². The number of hydrogen-bond donors (Lipinski definition) is 1. The van der Waals surface area contributed by atoms with Gasteiger partial charge in [0.15, 0.2) is 11.6 Å². The third kappa shape index (κ3) is 3.38. The number of rotatable bonds is 3. The van der Waals surface area contributed by atoms with E-state index in [9.17, 15) is 13.6 Å². The zero-order valence-corrected chi connectivity index (χ0v) is 11.4. The second-order valence-corrected chi connectivity index (χ2v) is 4.77. The molecule has 2 aromatic carbocycles. The summed E-state index contributed by atoms with van der Waals surface area (Å²) in [4.78, 5) is 11.9. The molecule has 0 saturated carbocycles. The molecule has 0 heterocycles. The third-order valence-electron chi connectivity index (χ3n) is 2.56. The lowest BCUT2D eigenvalue weighted by atomic mass is 10.2. The van der Waals surface area contributed by atoms with Gasteiger partial charge in [0.05, 0.1) is 5.56 Å². The molecule has 0 fully saturated rings. The van der Waals surface area contributed by atoms with Crippen molar-refractivity contribution >= 4 is 21.8 Å². The molecule has 1 amide bonds. The number of halogens is 3. The van der Waals surface area contributed by atoms with Gasteiger partial charge in [-0.3, -0.25) is 4.79 Å². The molecule has 19 heavy (non-hydrogen) atoms. The van der Waals surface area contributed by atoms with E-state index in [1.165, 1.54) is 6.07 Å². The minimum Gasteiger partial charge on any atom is -0.348 e. The fourth-order valence-electron chi connectivity index (χ4n) is 1.57. The fourth-order valence-corrected chi connectivity index (χ4v) is 2.04. The van der Waals surface area contributed by atoms with Crippen molar-refractivity contribution in [1.29, 1.82) is 0 Å². The first-order chi connectivity index (χ1) is 9.08. The first kappa shape index (κ1) is 13.7. The first-order valence-electron chi connectivity index (χ1n) is 5.54. The average molecular weight is 326 g/mol. The molecular weight excluding hydrogens is 316 g/mol. The monoisotopic (exact) mass is 325 g/mol. The molecule has 2 aromatic rings. The summed E-state index contributed by atoms with van der Waals surface area (Å²) < 4.78 is 26.4. The predicted molar refractivity (Wildman–Crippen MR) is 71.7 cm³/mol. The molecule has 5 heteroatoms. The normalized spacial score (nSPS) is 10.3. The smallest absolute Gasteiger partial charge is 0.252 e. The zero-order chi connectivity index (χ0) is 13.8. The maximum Gasteiger partial charge on any atom is 0.252 e. The molecule has 0 saturated heterocycles. The Bertz CT molecular complexity index is 616. The molecule has 2 nitrogen and oxygen atoms in total. The lowest BCUT2D eigenvalue weighted by Crippen LogP contribution is -2.23. The summed E-state index contributed by atoms with van der Waals surface area (Å²) in [6.45, 7) is 0.136. The Morgan fingerprint density at radius 3 is 2.53 bits per heavy atom. The van der Waals surface area contributed by atoms with Crippen LogP contribution in [0.1, 0.15) is 15.9 Å². The van der Waals surface area contributed by atoms with Crippen LogP contribution in [-0.2, 0) is 6.54 Å². The van der Waals surface area contributed by atoms with Gasteiger partial charge in [-0.2, -0.15) is 0 Å². The molecular formula is C14H10BrF2NO. The zero-order valence-electron chi connectivity index (χ0n) is 9.79. The number of carbonyl (C=O) groups excluding carboxylic acids is 1. The van der Waals surface area contributed by atoms with Crippen LogP contribution < -0.4 is 5.32 Å². The summed E-state index contributed by atoms with van der Waals surface area (Å²) in [6, 6.07) is 10.5. The highest BCUT2D eigenvalue weighted by molar-refractivity contribution is 9.10. The highest BCUT2D eigenvalue weighted by Crippen LogP contribution is 2.16. The lowest BCUT2D eigenvalue weighted by Gasteiger charge is -2.07. The van der Waals surface area contributed by atoms with E-state index in [2.05, 4.69) is 21.2 Å². The molecule has 0 aliphatic carbocycles. The lowest BCUT2D eigenvalue weighted by molar-refractivity contribution is 0.0950. The van der Waals surface area contributed by atoms with Gasteiger partial charge in [-0.05, 0) is 45.8 Å². The highest BCUT2D eigenvalue weighted by Gasteiger charge is 2.09. The quantitative estimate of drug-likeness (QED) is 0.916. The van der Waals surface area contributed by atoms with Gasteiger partial charge in [0.2, 0.25) is 0 Å². The summed E-state index contributed by atoms with van der Waals surface area (Å²) in [6.07, 6.45) is 0. The summed E-state index contributed by atoms with van der Waals surface area (Å²) in [5, 5.41) is 2.64. The molecule has 0 spiro atoms. The largest absolute Gasteiger partial charge is 0.348 e. The number of nitrogens with one attached hydrogen (secondary N) is 1. The van der Waals surface area contributed by atoms with Crippen LogP contribution in [0.5, 0.6) is 0 Å². The number of amides is 1. The molecule has 98 valence electrons. The van der Waals surface area contributed by atoms with Crippen molar-refractivity contribution in [1.82, 2.24) is 5.32 Å². The van der Waals surface area contributed by atoms with Gasteiger partial charge in [-0.25, -0.2) is 8.78 Å². The van der Waals surface area contributed by atoms with Crippen LogP contribution in [0, 0.1) is 11.6 Å². The van der Waals surface area contributed by atoms with E-state index in [1.807, 2.05) is 0 Å². The number of carbonyl (C=O) groups is 1. The van der Waals surface area contributed by atoms with E-state index < -0.39 is 11.6 Å². The Morgan fingerprint density at radius 2 is 1.84 bits per heavy atom. The van der Waals surface area contributed by atoms with Crippen LogP contribution in [0.15, 0.2) is 46.9 Å². The minimum atomic E-state index is -0.923. The van der Waals surface area contributed by atoms with E-state index in [0.29, 0.717) is 15.6 Å². The number of hydrogen-bond acceptors (Lipinski definition) is 1. The van der Waals surface area contributed by atoms with Crippen molar-refractivity contribution in [3.8, 4) is 0 Å². The summed E-state index contributed by atoms with van der Waals surface area (Å²) in [5.41, 5.74) is 0.990. The molecule has 0 bridgehead atoms. The molecule has 0 unspecified atom stereocenters. The van der Waals surface area contributed by atoms with Crippen LogP contribution in [-0.4, -0.2) is 5.91 Å². The molecule has 0 atom stereocenters. The van der Waals surface area contributed by atoms with Crippen LogP contribution in [0.2, 0.25) is 0 Å². The first-order valence-corrected chi connectivity index (χ1v) is 6.34. The van der Waals surface area contributed by atoms with Crippen LogP contribution in [0.3, 0.4) is 0 Å². The van der Waals surface area contributed by atoms with Crippen LogP contribution in [0.25, 0.3) is 0 Å². The summed E-state index contributed by atoms with van der Waals surface area (Å²) in [7, 11) is 0. The topological polar surface area (TPSA) is 29.1 Å². The maximum atomic E-state index is 13.0. The molecule has 0 radical (unpaired) electrons. The SMILES string of the molecule is O=C(NCc1ccc(F)c(F)c1)c1ccccc1Br. The molecule has 0 aliphatic rings. The van der Waals surface area contributed by atoms with Gasteiger partial charge >= 0.3 is 0 Å². The maximum absolute atomic E-state index is 13.0. The highest BCUT2D eigenvalue weighted by atomic mass is 79.9. The van der Waals surface area contributed by atoms with E-state index >= 15 is 0 Å². The van der Waals surface area contributed by atoms with E-state index in [-0.39, 0.29) is 12.5 Å². The van der Waals surface area contributed by atoms with E-state index in [0.717, 1.165) is 12.1 Å². The van der Waals surface area contributed by atoms with Crippen molar-refractivity contribution in [2.24, 2.45) is 0 Å². The summed E-state index contributed by atoms with van der Waals surface area (Å²) in [5.74, 6) is -2.11. The van der Waals surface area contributed by atoms with E-state index in [1.54, 1.807) is 24.3 Å². The van der Waals surface area contributed by atoms with Gasteiger partial charge in [-0.15, -0.1) is 0 Å². The van der Waals surface area contributed by atoms with Crippen molar-refractivity contribution in [2.45, 2.75) is 6.54 Å². The van der Waals surface area contributed by atoms with E-state index in [4.69, 9.17) is 0 Å². The average Bonchev–Trinajstić information content (AvgIpc) is 2.40. The van der Waals surface area contributed by atoms with Crippen molar-refractivity contribution in [2.75, 3.05) is 0 Å². The third-order valence-corrected chi connectivity index (χ3v) is 3.25. The predicted octanol–water partition coefficient (Wildman–Crippen LogP) is 3.66. The van der Waals surface area contributed by atoms with Gasteiger partial charge < -0.3 is 5.32 Å². The minimum absolute atomic E-state index is 0.136. The standard InChI is InChI=1S/C14H10BrF2NO/c15-11-4-2-1-3-10(11)14(19)18-8-9-5-6-12(16)13(17)7-9/h1-7H,8H2,(H,18,19). The Kier molecular flexibility index (Phi) is 4.27. The molecule has 0 aliphatic heterocycles. The van der Waals surface area contributed by atoms with Crippen LogP contribution >= 0.6 is 15.9 Å². The molecule has 1 N–H and O–H groups in total. The Balaban J connectivity index is 2.04. The molecule has 0 aromatic heterocycles. The van der Waals surface area contributed by atoms with Gasteiger partial charge in [0.25, 0.3) is 5.91 Å².